The second-order valence-corrected chi connectivity index (χ2v) is 7.17. The summed E-state index contributed by atoms with van der Waals surface area (Å²) < 4.78 is 9.16. The number of fused-ring (bicyclic) bond motifs is 3. The first-order valence-corrected chi connectivity index (χ1v) is 8.89. The van der Waals surface area contributed by atoms with Gasteiger partial charge >= 0.3 is 0 Å². The molecule has 0 unspecified atom stereocenters. The van der Waals surface area contributed by atoms with E-state index in [1.165, 1.54) is 73.5 Å². The van der Waals surface area contributed by atoms with Crippen LogP contribution in [0.3, 0.4) is 0 Å². The first kappa shape index (κ1) is 12.9. The third-order valence-electron chi connectivity index (χ3n) is 4.38. The van der Waals surface area contributed by atoms with Crippen LogP contribution < -0.4 is 4.90 Å². The highest BCUT2D eigenvalue weighted by atomic mass is 32.2. The van der Waals surface area contributed by atoms with Crippen molar-refractivity contribution in [2.45, 2.75) is 43.6 Å². The van der Waals surface area contributed by atoms with Crippen LogP contribution in [0.2, 0.25) is 0 Å². The van der Waals surface area contributed by atoms with Gasteiger partial charge in [-0.25, -0.2) is 0 Å². The van der Waals surface area contributed by atoms with Gasteiger partial charge in [-0.05, 0) is 18.1 Å². The topological polar surface area (TPSA) is 30.2 Å². The summed E-state index contributed by atoms with van der Waals surface area (Å²) in [6, 6.07) is 0. The van der Waals surface area contributed by atoms with E-state index in [1.54, 1.807) is 4.90 Å². The number of hydrogen-bond donors (Lipinski definition) is 1. The third kappa shape index (κ3) is 2.58. The fraction of sp³-hybridized carbons (Fsp3) is 0.846. The van der Waals surface area contributed by atoms with E-state index in [-0.39, 0.29) is 0 Å². The standard InChI is InChI=1S/C13H21N3S2/c1-2-3-8-17-13-12(14-18-15-13)11-9-16-6-4-10(11)5-7-16/h10-11H,2-9H2,1H3/p+1/t11-/m0/s1. The number of hydrogen-bond acceptors (Lipinski definition) is 4. The minimum Gasteiger partial charge on any atom is -0.334 e. The molecule has 0 spiro atoms. The number of nitrogens with zero attached hydrogens (tertiary/aromatic N) is 2. The van der Waals surface area contributed by atoms with E-state index < -0.39 is 0 Å². The zero-order valence-electron chi connectivity index (χ0n) is 11.0. The quantitative estimate of drug-likeness (QED) is 0.661. The summed E-state index contributed by atoms with van der Waals surface area (Å²) in [5.74, 6) is 2.78. The number of thioether (sulfide) groups is 1. The van der Waals surface area contributed by atoms with Gasteiger partial charge in [-0.15, -0.1) is 11.8 Å². The Morgan fingerprint density at radius 3 is 2.83 bits per heavy atom. The van der Waals surface area contributed by atoms with Crippen molar-refractivity contribution in [2.24, 2.45) is 5.92 Å². The van der Waals surface area contributed by atoms with Crippen molar-refractivity contribution in [3.8, 4) is 0 Å². The molecule has 3 fully saturated rings. The predicted octanol–water partition coefficient (Wildman–Crippen LogP) is 1.82. The van der Waals surface area contributed by atoms with Gasteiger partial charge in [0, 0.05) is 12.8 Å². The summed E-state index contributed by atoms with van der Waals surface area (Å²) in [7, 11) is 0. The molecule has 0 aromatic carbocycles. The molecule has 3 aliphatic rings. The third-order valence-corrected chi connectivity index (χ3v) is 6.11. The normalized spacial score (nSPS) is 30.8. The molecule has 0 radical (unpaired) electrons. The first-order chi connectivity index (χ1) is 8.88. The van der Waals surface area contributed by atoms with Crippen LogP contribution in [0.5, 0.6) is 0 Å². The maximum Gasteiger partial charge on any atom is 0.134 e. The number of nitrogens with one attached hydrogen (secondary N) is 1. The van der Waals surface area contributed by atoms with Crippen molar-refractivity contribution in [3.63, 3.8) is 0 Å². The van der Waals surface area contributed by atoms with Gasteiger partial charge < -0.3 is 4.90 Å². The molecular formula is C13H22N3S2+. The number of aromatic nitrogens is 2. The lowest BCUT2D eigenvalue weighted by Crippen LogP contribution is -3.15. The Morgan fingerprint density at radius 1 is 1.33 bits per heavy atom. The van der Waals surface area contributed by atoms with Gasteiger partial charge in [-0.2, -0.15) is 8.75 Å². The summed E-state index contributed by atoms with van der Waals surface area (Å²) in [6.45, 7) is 6.32. The number of piperidine rings is 3. The second-order valence-electron chi connectivity index (χ2n) is 5.55. The summed E-state index contributed by atoms with van der Waals surface area (Å²) in [4.78, 5) is 1.79. The zero-order chi connectivity index (χ0) is 12.4. The lowest BCUT2D eigenvalue weighted by Gasteiger charge is -2.41. The van der Waals surface area contributed by atoms with Crippen molar-refractivity contribution in [3.05, 3.63) is 5.69 Å². The Morgan fingerprint density at radius 2 is 2.17 bits per heavy atom. The second kappa shape index (κ2) is 5.88. The minimum atomic E-state index is 0.699. The zero-order valence-corrected chi connectivity index (χ0v) is 12.7. The van der Waals surface area contributed by atoms with Crippen LogP contribution in [-0.2, 0) is 0 Å². The molecule has 0 aliphatic carbocycles. The van der Waals surface area contributed by atoms with E-state index in [9.17, 15) is 0 Å². The maximum absolute atomic E-state index is 4.63. The summed E-state index contributed by atoms with van der Waals surface area (Å²) in [5.41, 5.74) is 1.34. The van der Waals surface area contributed by atoms with Crippen LogP contribution >= 0.6 is 23.5 Å². The van der Waals surface area contributed by atoms with E-state index in [0.717, 1.165) is 5.92 Å². The first-order valence-electron chi connectivity index (χ1n) is 7.17. The highest BCUT2D eigenvalue weighted by molar-refractivity contribution is 7.99. The predicted molar refractivity (Wildman–Crippen MR) is 76.6 cm³/mol. The van der Waals surface area contributed by atoms with Gasteiger partial charge in [0.05, 0.1) is 43.0 Å². The summed E-state index contributed by atoms with van der Waals surface area (Å²) in [5, 5.41) is 1.24. The van der Waals surface area contributed by atoms with Crippen LogP contribution in [0.15, 0.2) is 5.03 Å². The Hall–Kier alpha value is -0.130. The largest absolute Gasteiger partial charge is 0.334 e. The fourth-order valence-corrected chi connectivity index (χ4v) is 5.14. The lowest BCUT2D eigenvalue weighted by molar-refractivity contribution is -0.918. The molecular weight excluding hydrogens is 262 g/mol. The van der Waals surface area contributed by atoms with E-state index >= 15 is 0 Å². The molecule has 3 saturated heterocycles. The highest BCUT2D eigenvalue weighted by Gasteiger charge is 2.40. The summed E-state index contributed by atoms with van der Waals surface area (Å²) in [6.07, 6.45) is 5.35. The van der Waals surface area contributed by atoms with E-state index in [4.69, 9.17) is 0 Å². The van der Waals surface area contributed by atoms with Gasteiger partial charge in [0.2, 0.25) is 0 Å². The van der Waals surface area contributed by atoms with Gasteiger partial charge in [-0.1, -0.05) is 13.3 Å². The number of unbranched alkanes of at least 4 members (excludes halogenated alkanes) is 1. The van der Waals surface area contributed by atoms with Gasteiger partial charge in [0.25, 0.3) is 0 Å². The van der Waals surface area contributed by atoms with Crippen molar-refractivity contribution in [1.29, 1.82) is 0 Å². The number of rotatable bonds is 5. The molecule has 1 aromatic rings. The van der Waals surface area contributed by atoms with Gasteiger partial charge in [0.1, 0.15) is 5.03 Å². The molecule has 1 N–H and O–H groups in total. The average Bonchev–Trinajstić information content (AvgIpc) is 2.89. The van der Waals surface area contributed by atoms with Crippen LogP contribution in [0, 0.1) is 5.92 Å². The Labute approximate surface area is 118 Å². The smallest absolute Gasteiger partial charge is 0.134 e. The molecule has 1 atom stereocenters. The minimum absolute atomic E-state index is 0.699. The Bertz CT molecular complexity index is 385. The fourth-order valence-electron chi connectivity index (χ4n) is 3.28. The number of quaternary nitrogens is 1. The van der Waals surface area contributed by atoms with Gasteiger partial charge in [-0.3, -0.25) is 0 Å². The Kier molecular flexibility index (Phi) is 4.21. The van der Waals surface area contributed by atoms with E-state index in [0.29, 0.717) is 5.92 Å². The van der Waals surface area contributed by atoms with Crippen LogP contribution in [0.25, 0.3) is 0 Å². The molecule has 100 valence electrons. The summed E-state index contributed by atoms with van der Waals surface area (Å²) >= 11 is 3.34. The molecule has 2 bridgehead atoms. The van der Waals surface area contributed by atoms with Crippen LogP contribution in [-0.4, -0.2) is 34.1 Å². The molecule has 3 aliphatic heterocycles. The molecule has 3 nitrogen and oxygen atoms in total. The van der Waals surface area contributed by atoms with E-state index in [2.05, 4.69) is 15.7 Å². The Balaban J connectivity index is 1.70. The lowest BCUT2D eigenvalue weighted by atomic mass is 9.78. The molecule has 0 saturated carbocycles. The molecule has 1 aromatic heterocycles. The van der Waals surface area contributed by atoms with Crippen molar-refractivity contribution in [2.75, 3.05) is 25.4 Å². The van der Waals surface area contributed by atoms with Crippen LogP contribution in [0.4, 0.5) is 0 Å². The van der Waals surface area contributed by atoms with E-state index in [1.807, 2.05) is 11.8 Å². The molecule has 18 heavy (non-hydrogen) atoms. The average molecular weight is 284 g/mol. The molecule has 0 amide bonds. The molecule has 5 heteroatoms. The molecule has 4 heterocycles. The van der Waals surface area contributed by atoms with Gasteiger partial charge in [0.15, 0.2) is 0 Å². The van der Waals surface area contributed by atoms with Crippen LogP contribution in [0.1, 0.15) is 44.2 Å². The molecule has 4 rings (SSSR count). The van der Waals surface area contributed by atoms with Crippen molar-refractivity contribution >= 4 is 23.5 Å². The SMILES string of the molecule is CCCCSc1nsnc1[C@H]1C[NH+]2CCC1CC2. The van der Waals surface area contributed by atoms with Crippen molar-refractivity contribution < 1.29 is 4.90 Å². The maximum atomic E-state index is 4.63. The highest BCUT2D eigenvalue weighted by Crippen LogP contribution is 2.36. The van der Waals surface area contributed by atoms with Crippen molar-refractivity contribution in [1.82, 2.24) is 8.75 Å². The monoisotopic (exact) mass is 284 g/mol.